The number of rotatable bonds is 3. The predicted molar refractivity (Wildman–Crippen MR) is 102 cm³/mol. The molecule has 0 aliphatic heterocycles. The molecule has 1 fully saturated rings. The molecule has 0 radical (unpaired) electrons. The number of aromatic nitrogens is 1. The summed E-state index contributed by atoms with van der Waals surface area (Å²) in [5, 5.41) is 13.4. The Morgan fingerprint density at radius 3 is 2.68 bits per heavy atom. The summed E-state index contributed by atoms with van der Waals surface area (Å²) in [6, 6.07) is 14.1. The average molecular weight is 367 g/mol. The number of para-hydroxylation sites is 1. The van der Waals surface area contributed by atoms with Gasteiger partial charge in [-0.3, -0.25) is 4.79 Å². The van der Waals surface area contributed by atoms with E-state index in [2.05, 4.69) is 22.4 Å². The summed E-state index contributed by atoms with van der Waals surface area (Å²) in [5.41, 5.74) is 0.280. The summed E-state index contributed by atoms with van der Waals surface area (Å²) in [4.78, 5) is 18.9. The first-order chi connectivity index (χ1) is 12.2. The molecular weight excluding hydrogens is 350 g/mol. The Bertz CT molecular complexity index is 927. The first-order valence-corrected chi connectivity index (χ1v) is 10.0. The summed E-state index contributed by atoms with van der Waals surface area (Å²) in [5.74, 6) is -0.152. The number of nitrogens with one attached hydrogen (secondary N) is 1. The van der Waals surface area contributed by atoms with Gasteiger partial charge in [-0.2, -0.15) is 5.26 Å². The van der Waals surface area contributed by atoms with Crippen LogP contribution in [0.25, 0.3) is 20.1 Å². The highest BCUT2D eigenvalue weighted by Gasteiger charge is 2.34. The zero-order valence-corrected chi connectivity index (χ0v) is 15.3. The van der Waals surface area contributed by atoms with E-state index in [1.165, 1.54) is 11.3 Å². The fourth-order valence-electron chi connectivity index (χ4n) is 3.25. The van der Waals surface area contributed by atoms with Crippen LogP contribution >= 0.6 is 22.7 Å². The minimum absolute atomic E-state index is 0.152. The van der Waals surface area contributed by atoms with Crippen molar-refractivity contribution in [3.8, 4) is 16.0 Å². The van der Waals surface area contributed by atoms with Crippen LogP contribution in [0.2, 0.25) is 0 Å². The molecule has 2 heterocycles. The van der Waals surface area contributed by atoms with E-state index in [1.54, 1.807) is 11.3 Å². The minimum atomic E-state index is -0.699. The number of hydrogen-bond acceptors (Lipinski definition) is 5. The maximum atomic E-state index is 12.6. The predicted octanol–water partition coefficient (Wildman–Crippen LogP) is 4.98. The van der Waals surface area contributed by atoms with Gasteiger partial charge in [-0.15, -0.1) is 22.7 Å². The third kappa shape index (κ3) is 3.17. The zero-order chi connectivity index (χ0) is 17.3. The van der Waals surface area contributed by atoms with E-state index in [4.69, 9.17) is 0 Å². The lowest BCUT2D eigenvalue weighted by Gasteiger charge is -2.31. The monoisotopic (exact) mass is 367 g/mol. The highest BCUT2D eigenvalue weighted by atomic mass is 32.1. The fraction of sp³-hybridized carbons (Fsp3) is 0.316. The molecule has 4 nitrogen and oxygen atoms in total. The van der Waals surface area contributed by atoms with Gasteiger partial charge in [0.1, 0.15) is 10.5 Å². The molecule has 0 atom stereocenters. The highest BCUT2D eigenvalue weighted by Crippen LogP contribution is 2.35. The normalized spacial score (nSPS) is 16.4. The second-order valence-corrected chi connectivity index (χ2v) is 8.47. The Morgan fingerprint density at radius 2 is 1.92 bits per heavy atom. The lowest BCUT2D eigenvalue weighted by atomic mass is 9.83. The minimum Gasteiger partial charge on any atom is -0.333 e. The quantitative estimate of drug-likeness (QED) is 0.710. The van der Waals surface area contributed by atoms with Crippen LogP contribution in [0.4, 0.5) is 0 Å². The van der Waals surface area contributed by atoms with Gasteiger partial charge in [0.15, 0.2) is 0 Å². The van der Waals surface area contributed by atoms with Gasteiger partial charge in [0.2, 0.25) is 0 Å². The largest absolute Gasteiger partial charge is 0.333 e. The number of hydrogen-bond donors (Lipinski definition) is 1. The molecular formula is C19H17N3OS2. The van der Waals surface area contributed by atoms with E-state index >= 15 is 0 Å². The van der Waals surface area contributed by atoms with E-state index in [0.29, 0.717) is 4.88 Å². The molecule has 1 aliphatic rings. The van der Waals surface area contributed by atoms with Crippen LogP contribution in [0, 0.1) is 11.3 Å². The maximum Gasteiger partial charge on any atom is 0.262 e. The van der Waals surface area contributed by atoms with Crippen LogP contribution in [0.15, 0.2) is 36.4 Å². The van der Waals surface area contributed by atoms with Crippen LogP contribution in [-0.4, -0.2) is 16.4 Å². The Balaban J connectivity index is 1.56. The number of nitriles is 1. The van der Waals surface area contributed by atoms with Gasteiger partial charge in [0.05, 0.1) is 26.0 Å². The molecule has 3 aromatic rings. The number of benzene rings is 1. The fourth-order valence-corrected chi connectivity index (χ4v) is 5.17. The SMILES string of the molecule is N#CC1(NC(=O)c2ccc(-c3nc4ccccc4s3)s2)CCCCC1. The molecule has 2 aromatic heterocycles. The molecule has 0 bridgehead atoms. The lowest BCUT2D eigenvalue weighted by molar-refractivity contribution is 0.0907. The number of thiophene rings is 1. The summed E-state index contributed by atoms with van der Waals surface area (Å²) in [6.07, 6.45) is 4.61. The van der Waals surface area contributed by atoms with Crippen molar-refractivity contribution in [2.45, 2.75) is 37.6 Å². The molecule has 1 saturated carbocycles. The number of carbonyl (C=O) groups excluding carboxylic acids is 1. The third-order valence-electron chi connectivity index (χ3n) is 4.61. The van der Waals surface area contributed by atoms with Gasteiger partial charge in [-0.25, -0.2) is 4.98 Å². The van der Waals surface area contributed by atoms with E-state index in [-0.39, 0.29) is 5.91 Å². The van der Waals surface area contributed by atoms with Crippen LogP contribution in [-0.2, 0) is 0 Å². The molecule has 6 heteroatoms. The van der Waals surface area contributed by atoms with Crippen molar-refractivity contribution in [1.82, 2.24) is 10.3 Å². The third-order valence-corrected chi connectivity index (χ3v) is 6.90. The molecule has 0 unspecified atom stereocenters. The molecule has 1 aromatic carbocycles. The average Bonchev–Trinajstić information content (AvgIpc) is 3.29. The molecule has 126 valence electrons. The summed E-state index contributed by atoms with van der Waals surface area (Å²) in [7, 11) is 0. The standard InChI is InChI=1S/C19H17N3OS2/c20-12-19(10-4-1-5-11-19)22-17(23)15-8-9-16(24-15)18-21-13-6-2-3-7-14(13)25-18/h2-3,6-9H,1,4-5,10-11H2,(H,22,23). The summed E-state index contributed by atoms with van der Waals surface area (Å²) >= 11 is 3.06. The van der Waals surface area contributed by atoms with Crippen LogP contribution in [0.3, 0.4) is 0 Å². The number of fused-ring (bicyclic) bond motifs is 1. The summed E-state index contributed by atoms with van der Waals surface area (Å²) < 4.78 is 1.14. The van der Waals surface area contributed by atoms with Crippen molar-refractivity contribution >= 4 is 38.8 Å². The van der Waals surface area contributed by atoms with Crippen molar-refractivity contribution in [2.75, 3.05) is 0 Å². The molecule has 0 spiro atoms. The van der Waals surface area contributed by atoms with E-state index in [1.807, 2.05) is 30.3 Å². The number of nitrogens with zero attached hydrogens (tertiary/aromatic N) is 2. The van der Waals surface area contributed by atoms with Gasteiger partial charge in [-0.05, 0) is 37.1 Å². The molecule has 1 amide bonds. The van der Waals surface area contributed by atoms with Crippen LogP contribution in [0.5, 0.6) is 0 Å². The number of carbonyl (C=O) groups is 1. The molecule has 4 rings (SSSR count). The Morgan fingerprint density at radius 1 is 1.12 bits per heavy atom. The summed E-state index contributed by atoms with van der Waals surface area (Å²) in [6.45, 7) is 0. The molecule has 1 aliphatic carbocycles. The van der Waals surface area contributed by atoms with Crippen molar-refractivity contribution in [1.29, 1.82) is 5.26 Å². The number of amides is 1. The highest BCUT2D eigenvalue weighted by molar-refractivity contribution is 7.26. The van der Waals surface area contributed by atoms with Crippen molar-refractivity contribution in [3.05, 3.63) is 41.3 Å². The van der Waals surface area contributed by atoms with Crippen LogP contribution < -0.4 is 5.32 Å². The van der Waals surface area contributed by atoms with Gasteiger partial charge >= 0.3 is 0 Å². The molecule has 1 N–H and O–H groups in total. The first-order valence-electron chi connectivity index (χ1n) is 8.39. The Labute approximate surface area is 154 Å². The Hall–Kier alpha value is -2.23. The number of thiazole rings is 1. The second kappa shape index (κ2) is 6.58. The van der Waals surface area contributed by atoms with Crippen molar-refractivity contribution in [3.63, 3.8) is 0 Å². The van der Waals surface area contributed by atoms with E-state index in [0.717, 1.165) is 52.2 Å². The molecule has 25 heavy (non-hydrogen) atoms. The van der Waals surface area contributed by atoms with Crippen molar-refractivity contribution < 1.29 is 4.79 Å². The first kappa shape index (κ1) is 16.2. The van der Waals surface area contributed by atoms with Crippen LogP contribution in [0.1, 0.15) is 41.8 Å². The van der Waals surface area contributed by atoms with Gasteiger partial charge in [0, 0.05) is 0 Å². The zero-order valence-electron chi connectivity index (χ0n) is 13.6. The van der Waals surface area contributed by atoms with E-state index < -0.39 is 5.54 Å². The van der Waals surface area contributed by atoms with Crippen molar-refractivity contribution in [2.24, 2.45) is 0 Å². The smallest absolute Gasteiger partial charge is 0.262 e. The van der Waals surface area contributed by atoms with E-state index in [9.17, 15) is 10.1 Å². The second-order valence-electron chi connectivity index (χ2n) is 6.36. The van der Waals surface area contributed by atoms with Gasteiger partial charge in [0.25, 0.3) is 5.91 Å². The lowest BCUT2D eigenvalue weighted by Crippen LogP contribution is -2.48. The van der Waals surface area contributed by atoms with Gasteiger partial charge in [-0.1, -0.05) is 31.4 Å². The topological polar surface area (TPSA) is 65.8 Å². The Kier molecular flexibility index (Phi) is 4.28. The van der Waals surface area contributed by atoms with Gasteiger partial charge < -0.3 is 5.32 Å². The molecule has 0 saturated heterocycles. The maximum absolute atomic E-state index is 12.6.